The lowest BCUT2D eigenvalue weighted by Crippen LogP contribution is -2.44. The molecule has 1 aliphatic carbocycles. The van der Waals surface area contributed by atoms with Gasteiger partial charge >= 0.3 is 0 Å². The number of ether oxygens (including phenoxy) is 1. The molecule has 0 atom stereocenters. The van der Waals surface area contributed by atoms with E-state index in [1.54, 1.807) is 5.57 Å². The molecule has 2 aliphatic rings. The third-order valence-electron chi connectivity index (χ3n) is 5.25. The number of hydrogen-bond donors (Lipinski definition) is 0. The van der Waals surface area contributed by atoms with E-state index in [2.05, 4.69) is 30.9 Å². The van der Waals surface area contributed by atoms with Crippen LogP contribution in [0.4, 0.5) is 0 Å². The molecule has 0 aromatic heterocycles. The Balaban J connectivity index is 1.91. The van der Waals surface area contributed by atoms with Gasteiger partial charge in [-0.2, -0.15) is 0 Å². The van der Waals surface area contributed by atoms with Gasteiger partial charge < -0.3 is 4.74 Å². The second-order valence-electron chi connectivity index (χ2n) is 6.72. The van der Waals surface area contributed by atoms with Gasteiger partial charge in [-0.25, -0.2) is 0 Å². The van der Waals surface area contributed by atoms with Crippen molar-refractivity contribution in [2.75, 3.05) is 32.8 Å². The highest BCUT2D eigenvalue weighted by Crippen LogP contribution is 2.47. The molecule has 1 aromatic rings. The molecular weight excluding hydrogens is 294 g/mol. The Labute approximate surface area is 139 Å². The number of likely N-dealkylation sites (N-methyl/N-ethyl adjacent to an activating group) is 1. The zero-order valence-electron chi connectivity index (χ0n) is 13.7. The van der Waals surface area contributed by atoms with E-state index in [1.165, 1.54) is 24.0 Å². The summed E-state index contributed by atoms with van der Waals surface area (Å²) in [5, 5.41) is 0.812. The first-order valence-corrected chi connectivity index (χ1v) is 8.80. The van der Waals surface area contributed by atoms with Crippen molar-refractivity contribution in [3.05, 3.63) is 40.4 Å². The van der Waals surface area contributed by atoms with Crippen molar-refractivity contribution in [3.8, 4) is 0 Å². The summed E-state index contributed by atoms with van der Waals surface area (Å²) in [4.78, 5) is 2.51. The molecule has 0 unspecified atom stereocenters. The number of rotatable bonds is 5. The quantitative estimate of drug-likeness (QED) is 0.784. The summed E-state index contributed by atoms with van der Waals surface area (Å²) >= 11 is 6.07. The highest BCUT2D eigenvalue weighted by Gasteiger charge is 2.42. The second kappa shape index (κ2) is 6.74. The van der Waals surface area contributed by atoms with Gasteiger partial charge in [-0.1, -0.05) is 43.2 Å². The van der Waals surface area contributed by atoms with Gasteiger partial charge in [0, 0.05) is 17.0 Å². The molecule has 1 spiro atoms. The first kappa shape index (κ1) is 16.0. The van der Waals surface area contributed by atoms with Crippen LogP contribution in [0.5, 0.6) is 0 Å². The predicted molar refractivity (Wildman–Crippen MR) is 93.3 cm³/mol. The van der Waals surface area contributed by atoms with E-state index in [0.29, 0.717) is 5.41 Å². The second-order valence-corrected chi connectivity index (χ2v) is 7.16. The van der Waals surface area contributed by atoms with E-state index >= 15 is 0 Å². The maximum absolute atomic E-state index is 6.07. The third kappa shape index (κ3) is 3.24. The largest absolute Gasteiger partial charge is 0.380 e. The Bertz CT molecular complexity index is 541. The summed E-state index contributed by atoms with van der Waals surface area (Å²) in [6.07, 6.45) is 3.64. The Kier molecular flexibility index (Phi) is 4.91. The lowest BCUT2D eigenvalue weighted by Gasteiger charge is -2.46. The van der Waals surface area contributed by atoms with Crippen LogP contribution in [0.15, 0.2) is 29.8 Å². The van der Waals surface area contributed by atoms with E-state index in [1.807, 2.05) is 12.1 Å². The lowest BCUT2D eigenvalue weighted by molar-refractivity contribution is -0.116. The number of halogens is 1. The molecule has 2 nitrogen and oxygen atoms in total. The highest BCUT2D eigenvalue weighted by molar-refractivity contribution is 6.30. The minimum absolute atomic E-state index is 0.404. The lowest BCUT2D eigenvalue weighted by atomic mass is 9.69. The standard InChI is InChI=1S/C19H26ClNO/c1-3-21(4-2)12-16-9-10-19(13-22-14-19)11-18(16)15-5-7-17(20)8-6-15/h5-8H,3-4,9-14H2,1-2H3. The Morgan fingerprint density at radius 2 is 1.82 bits per heavy atom. The van der Waals surface area contributed by atoms with Crippen LogP contribution in [0.1, 0.15) is 38.7 Å². The average molecular weight is 320 g/mol. The molecule has 120 valence electrons. The zero-order valence-corrected chi connectivity index (χ0v) is 14.5. The highest BCUT2D eigenvalue weighted by atomic mass is 35.5. The van der Waals surface area contributed by atoms with Crippen LogP contribution in [0.25, 0.3) is 5.57 Å². The monoisotopic (exact) mass is 319 g/mol. The van der Waals surface area contributed by atoms with Crippen molar-refractivity contribution in [1.82, 2.24) is 4.90 Å². The number of benzene rings is 1. The van der Waals surface area contributed by atoms with Crippen molar-refractivity contribution >= 4 is 17.2 Å². The van der Waals surface area contributed by atoms with Crippen molar-refractivity contribution in [3.63, 3.8) is 0 Å². The molecule has 22 heavy (non-hydrogen) atoms. The summed E-state index contributed by atoms with van der Waals surface area (Å²) in [6.45, 7) is 9.68. The molecular formula is C19H26ClNO. The van der Waals surface area contributed by atoms with Crippen LogP contribution in [-0.4, -0.2) is 37.7 Å². The summed E-state index contributed by atoms with van der Waals surface area (Å²) in [5.74, 6) is 0. The molecule has 3 heteroatoms. The third-order valence-corrected chi connectivity index (χ3v) is 5.51. The van der Waals surface area contributed by atoms with Gasteiger partial charge in [-0.3, -0.25) is 4.90 Å². The smallest absolute Gasteiger partial charge is 0.0548 e. The van der Waals surface area contributed by atoms with Gasteiger partial charge in [-0.05, 0) is 55.6 Å². The summed E-state index contributed by atoms with van der Waals surface area (Å²) in [6, 6.07) is 8.38. The first-order chi connectivity index (χ1) is 10.7. The van der Waals surface area contributed by atoms with Crippen LogP contribution in [0.2, 0.25) is 5.02 Å². The fourth-order valence-electron chi connectivity index (χ4n) is 3.64. The molecule has 1 aliphatic heterocycles. The maximum atomic E-state index is 6.07. The topological polar surface area (TPSA) is 12.5 Å². The van der Waals surface area contributed by atoms with E-state index in [4.69, 9.17) is 16.3 Å². The molecule has 3 rings (SSSR count). The normalized spacial score (nSPS) is 20.5. The molecule has 1 saturated heterocycles. The number of hydrogen-bond acceptors (Lipinski definition) is 2. The summed E-state index contributed by atoms with van der Waals surface area (Å²) in [5.41, 5.74) is 4.90. The van der Waals surface area contributed by atoms with E-state index in [0.717, 1.165) is 44.3 Å². The van der Waals surface area contributed by atoms with Crippen LogP contribution in [0, 0.1) is 5.41 Å². The Morgan fingerprint density at radius 3 is 2.36 bits per heavy atom. The minimum Gasteiger partial charge on any atom is -0.380 e. The van der Waals surface area contributed by atoms with Crippen molar-refractivity contribution in [2.24, 2.45) is 5.41 Å². The van der Waals surface area contributed by atoms with E-state index in [-0.39, 0.29) is 0 Å². The first-order valence-electron chi connectivity index (χ1n) is 8.43. The fourth-order valence-corrected chi connectivity index (χ4v) is 3.77. The van der Waals surface area contributed by atoms with Crippen molar-refractivity contribution < 1.29 is 4.74 Å². The van der Waals surface area contributed by atoms with E-state index < -0.39 is 0 Å². The van der Waals surface area contributed by atoms with Crippen LogP contribution in [-0.2, 0) is 4.74 Å². The van der Waals surface area contributed by atoms with Crippen LogP contribution in [0.3, 0.4) is 0 Å². The summed E-state index contributed by atoms with van der Waals surface area (Å²) < 4.78 is 5.52. The van der Waals surface area contributed by atoms with Gasteiger partial charge in [0.05, 0.1) is 13.2 Å². The van der Waals surface area contributed by atoms with Crippen LogP contribution >= 0.6 is 11.6 Å². The zero-order chi connectivity index (χ0) is 15.6. The predicted octanol–water partition coefficient (Wildman–Crippen LogP) is 4.64. The fraction of sp³-hybridized carbons (Fsp3) is 0.579. The molecule has 0 radical (unpaired) electrons. The molecule has 0 saturated carbocycles. The van der Waals surface area contributed by atoms with Gasteiger partial charge in [0.15, 0.2) is 0 Å². The minimum atomic E-state index is 0.404. The SMILES string of the molecule is CCN(CC)CC1=C(c2ccc(Cl)cc2)CC2(CC1)COC2. The maximum Gasteiger partial charge on any atom is 0.0548 e. The van der Waals surface area contributed by atoms with Gasteiger partial charge in [0.25, 0.3) is 0 Å². The Hall–Kier alpha value is -0.830. The van der Waals surface area contributed by atoms with Gasteiger partial charge in [0.2, 0.25) is 0 Å². The molecule has 1 fully saturated rings. The molecule has 0 bridgehead atoms. The van der Waals surface area contributed by atoms with Gasteiger partial charge in [0.1, 0.15) is 0 Å². The number of allylic oxidation sites excluding steroid dienone is 1. The molecule has 0 N–H and O–H groups in total. The van der Waals surface area contributed by atoms with Crippen molar-refractivity contribution in [2.45, 2.75) is 33.1 Å². The number of nitrogens with zero attached hydrogens (tertiary/aromatic N) is 1. The molecule has 1 heterocycles. The van der Waals surface area contributed by atoms with Crippen LogP contribution < -0.4 is 0 Å². The summed E-state index contributed by atoms with van der Waals surface area (Å²) in [7, 11) is 0. The average Bonchev–Trinajstić information content (AvgIpc) is 2.52. The molecule has 0 amide bonds. The van der Waals surface area contributed by atoms with Gasteiger partial charge in [-0.15, -0.1) is 0 Å². The molecule has 1 aromatic carbocycles. The van der Waals surface area contributed by atoms with Crippen molar-refractivity contribution in [1.29, 1.82) is 0 Å². The Morgan fingerprint density at radius 1 is 1.14 bits per heavy atom. The van der Waals surface area contributed by atoms with E-state index in [9.17, 15) is 0 Å².